The third kappa shape index (κ3) is 18.4. The first-order valence-electron chi connectivity index (χ1n) is 8.83. The van der Waals surface area contributed by atoms with Gasteiger partial charge in [-0.25, -0.2) is 4.68 Å². The van der Waals surface area contributed by atoms with Crippen molar-refractivity contribution < 1.29 is 0 Å². The molecule has 0 fully saturated rings. The molecule has 0 saturated carbocycles. The standard InChI is InChI=1S/C10H19N3.C4H9N3.C4H10.C2H2/c1-9(2,3)8-7-13(12-11-8)10(4,5)6;1-4(2,3)6-7-5;1-4(2)3;1-2/h7H,1-6H3;1-3H3;4H,1-3H3;1-2H. The third-order valence-electron chi connectivity index (χ3n) is 2.29. The van der Waals surface area contributed by atoms with Gasteiger partial charge in [0.2, 0.25) is 0 Å². The van der Waals surface area contributed by atoms with Crippen LogP contribution >= 0.6 is 0 Å². The summed E-state index contributed by atoms with van der Waals surface area (Å²) in [4.78, 5) is 2.63. The predicted octanol–water partition coefficient (Wildman–Crippen LogP) is 6.34. The van der Waals surface area contributed by atoms with Gasteiger partial charge in [0, 0.05) is 22.1 Å². The van der Waals surface area contributed by atoms with Gasteiger partial charge in [-0.05, 0) is 32.2 Å². The molecule has 1 rings (SSSR count). The Morgan fingerprint density at radius 2 is 1.38 bits per heavy atom. The van der Waals surface area contributed by atoms with Gasteiger partial charge in [-0.1, -0.05) is 72.6 Å². The second kappa shape index (κ2) is 12.4. The molecular formula is C20H40N6. The summed E-state index contributed by atoms with van der Waals surface area (Å²) in [7, 11) is 0. The maximum atomic E-state index is 7.86. The zero-order valence-electron chi connectivity index (χ0n) is 19.0. The van der Waals surface area contributed by atoms with Crippen molar-refractivity contribution in [1.29, 1.82) is 0 Å². The number of rotatable bonds is 0. The largest absolute Gasteiger partial charge is 0.247 e. The lowest BCUT2D eigenvalue weighted by Gasteiger charge is -2.18. The van der Waals surface area contributed by atoms with E-state index >= 15 is 0 Å². The van der Waals surface area contributed by atoms with Gasteiger partial charge in [0.1, 0.15) is 0 Å². The van der Waals surface area contributed by atoms with E-state index in [4.69, 9.17) is 5.53 Å². The van der Waals surface area contributed by atoms with Gasteiger partial charge in [0.05, 0.1) is 11.2 Å². The highest BCUT2D eigenvalue weighted by Crippen LogP contribution is 2.21. The molecule has 150 valence electrons. The highest BCUT2D eigenvalue weighted by Gasteiger charge is 2.21. The topological polar surface area (TPSA) is 79.5 Å². The molecule has 0 aliphatic carbocycles. The maximum Gasteiger partial charge on any atom is 0.0880 e. The third-order valence-corrected chi connectivity index (χ3v) is 2.29. The molecule has 0 amide bonds. The van der Waals surface area contributed by atoms with Crippen molar-refractivity contribution in [2.75, 3.05) is 0 Å². The van der Waals surface area contributed by atoms with Crippen molar-refractivity contribution in [2.45, 2.75) is 99.6 Å². The van der Waals surface area contributed by atoms with Crippen molar-refractivity contribution >= 4 is 0 Å². The van der Waals surface area contributed by atoms with Crippen LogP contribution in [0.1, 0.15) is 88.8 Å². The summed E-state index contributed by atoms with van der Waals surface area (Å²) < 4.78 is 1.91. The number of hydrogen-bond acceptors (Lipinski definition) is 3. The molecule has 1 heterocycles. The minimum atomic E-state index is -0.241. The molecule has 0 radical (unpaired) electrons. The highest BCUT2D eigenvalue weighted by molar-refractivity contribution is 5.07. The van der Waals surface area contributed by atoms with Gasteiger partial charge < -0.3 is 0 Å². The minimum Gasteiger partial charge on any atom is -0.247 e. The van der Waals surface area contributed by atoms with E-state index in [2.05, 4.69) is 95.5 Å². The Kier molecular flexibility index (Phi) is 13.7. The monoisotopic (exact) mass is 364 g/mol. The van der Waals surface area contributed by atoms with Crippen LogP contribution in [-0.4, -0.2) is 20.5 Å². The Hall–Kier alpha value is -1.99. The van der Waals surface area contributed by atoms with E-state index in [0.717, 1.165) is 11.6 Å². The summed E-state index contributed by atoms with van der Waals surface area (Å²) >= 11 is 0. The fourth-order valence-electron chi connectivity index (χ4n) is 1.07. The number of terminal acetylenes is 1. The van der Waals surface area contributed by atoms with Crippen molar-refractivity contribution in [1.82, 2.24) is 15.0 Å². The molecule has 0 spiro atoms. The van der Waals surface area contributed by atoms with E-state index in [9.17, 15) is 0 Å². The molecule has 0 unspecified atom stereocenters. The van der Waals surface area contributed by atoms with Crippen molar-refractivity contribution in [3.8, 4) is 12.8 Å². The second-order valence-electron chi connectivity index (χ2n) is 9.56. The van der Waals surface area contributed by atoms with Crippen LogP contribution in [0.5, 0.6) is 0 Å². The molecule has 6 nitrogen and oxygen atoms in total. The summed E-state index contributed by atoms with van der Waals surface area (Å²) in [6.07, 6.45) is 10.0. The smallest absolute Gasteiger partial charge is 0.0880 e. The first-order valence-corrected chi connectivity index (χ1v) is 8.83. The van der Waals surface area contributed by atoms with Crippen molar-refractivity contribution in [3.63, 3.8) is 0 Å². The Balaban J connectivity index is -0.000000344. The molecule has 1 aromatic rings. The molecule has 0 bridgehead atoms. The maximum absolute atomic E-state index is 7.86. The van der Waals surface area contributed by atoms with Crippen LogP contribution in [0.25, 0.3) is 10.4 Å². The van der Waals surface area contributed by atoms with E-state index in [0.29, 0.717) is 0 Å². The zero-order chi connectivity index (χ0) is 21.8. The van der Waals surface area contributed by atoms with Crippen LogP contribution in [0.4, 0.5) is 0 Å². The molecule has 0 saturated heterocycles. The SMILES string of the molecule is C#C.CC(C)(C)N=[N+]=[N-].CC(C)(C)c1cn(C(C)(C)C)nn1.CC(C)C. The fourth-order valence-corrected chi connectivity index (χ4v) is 1.07. The molecular weight excluding hydrogens is 324 g/mol. The average Bonchev–Trinajstić information content (AvgIpc) is 2.88. The summed E-state index contributed by atoms with van der Waals surface area (Å²) in [5.41, 5.74) is 8.77. The molecule has 0 aliphatic heterocycles. The fraction of sp³-hybridized carbons (Fsp3) is 0.800. The van der Waals surface area contributed by atoms with E-state index < -0.39 is 0 Å². The first kappa shape index (κ1) is 28.8. The zero-order valence-corrected chi connectivity index (χ0v) is 19.0. The summed E-state index contributed by atoms with van der Waals surface area (Å²) in [6.45, 7) is 24.8. The van der Waals surface area contributed by atoms with Crippen LogP contribution in [0.2, 0.25) is 0 Å². The molecule has 0 aliphatic rings. The Morgan fingerprint density at radius 1 is 1.00 bits per heavy atom. The van der Waals surface area contributed by atoms with Crippen molar-refractivity contribution in [2.24, 2.45) is 11.0 Å². The minimum absolute atomic E-state index is 0.0243. The molecule has 26 heavy (non-hydrogen) atoms. The van der Waals surface area contributed by atoms with Gasteiger partial charge in [-0.2, -0.15) is 0 Å². The van der Waals surface area contributed by atoms with E-state index in [1.165, 1.54) is 0 Å². The molecule has 6 heteroatoms. The molecule has 1 aromatic heterocycles. The highest BCUT2D eigenvalue weighted by atomic mass is 15.4. The van der Waals surface area contributed by atoms with Crippen LogP contribution in [0, 0.1) is 18.8 Å². The van der Waals surface area contributed by atoms with Gasteiger partial charge in [0.15, 0.2) is 0 Å². The van der Waals surface area contributed by atoms with Gasteiger partial charge >= 0.3 is 0 Å². The second-order valence-corrected chi connectivity index (χ2v) is 9.56. The number of hydrogen-bond donors (Lipinski definition) is 0. The molecule has 0 N–H and O–H groups in total. The lowest BCUT2D eigenvalue weighted by molar-refractivity contribution is 0.346. The first-order chi connectivity index (χ1) is 11.5. The number of azide groups is 1. The van der Waals surface area contributed by atoms with Crippen molar-refractivity contribution in [3.05, 3.63) is 22.3 Å². The Morgan fingerprint density at radius 3 is 1.50 bits per heavy atom. The normalized spacial score (nSPS) is 10.9. The lowest BCUT2D eigenvalue weighted by Crippen LogP contribution is -2.22. The van der Waals surface area contributed by atoms with Gasteiger partial charge in [0.25, 0.3) is 0 Å². The van der Waals surface area contributed by atoms with E-state index in [1.54, 1.807) is 0 Å². The Bertz CT molecular complexity index is 510. The summed E-state index contributed by atoms with van der Waals surface area (Å²) in [6, 6.07) is 0. The van der Waals surface area contributed by atoms with Gasteiger partial charge in [-0.15, -0.1) is 17.9 Å². The van der Waals surface area contributed by atoms with Gasteiger partial charge in [-0.3, -0.25) is 0 Å². The Labute approximate surface area is 161 Å². The van der Waals surface area contributed by atoms with Crippen LogP contribution in [-0.2, 0) is 11.0 Å². The summed E-state index contributed by atoms with van der Waals surface area (Å²) in [5, 5.41) is 11.7. The average molecular weight is 365 g/mol. The lowest BCUT2D eigenvalue weighted by atomic mass is 9.93. The van der Waals surface area contributed by atoms with E-state index in [-0.39, 0.29) is 16.5 Å². The molecule has 0 atom stereocenters. The quantitative estimate of drug-likeness (QED) is 0.233. The van der Waals surface area contributed by atoms with Crippen LogP contribution in [0.3, 0.4) is 0 Å². The van der Waals surface area contributed by atoms with E-state index in [1.807, 2.05) is 31.6 Å². The predicted molar refractivity (Wildman–Crippen MR) is 113 cm³/mol. The molecule has 0 aromatic carbocycles. The number of nitrogens with zero attached hydrogens (tertiary/aromatic N) is 6. The number of aromatic nitrogens is 3. The summed E-state index contributed by atoms with van der Waals surface area (Å²) in [5.74, 6) is 0.833. The van der Waals surface area contributed by atoms with Crippen LogP contribution in [0.15, 0.2) is 11.3 Å². The van der Waals surface area contributed by atoms with Crippen LogP contribution < -0.4 is 0 Å².